The van der Waals surface area contributed by atoms with Crippen molar-refractivity contribution in [1.29, 1.82) is 0 Å². The van der Waals surface area contributed by atoms with Gasteiger partial charge in [0, 0.05) is 36.6 Å². The molecule has 0 bridgehead atoms. The monoisotopic (exact) mass is 301 g/mol. The summed E-state index contributed by atoms with van der Waals surface area (Å²) in [6, 6.07) is 8.71. The standard InChI is InChI=1S/C16H16FN3O2/c17-13-5-3-12(4-6-13)16(22)19-9-1-2-15(21)20-14-7-10-18-11-8-14/h3-8,10-11H,1-2,9H2,(H,19,22)(H,18,20,21). The van der Waals surface area contributed by atoms with Crippen LogP contribution in [0.15, 0.2) is 48.8 Å². The van der Waals surface area contributed by atoms with Crippen molar-refractivity contribution in [2.75, 3.05) is 11.9 Å². The van der Waals surface area contributed by atoms with Crippen LogP contribution in [0.3, 0.4) is 0 Å². The van der Waals surface area contributed by atoms with Gasteiger partial charge in [0.15, 0.2) is 0 Å². The number of carbonyl (C=O) groups excluding carboxylic acids is 2. The van der Waals surface area contributed by atoms with Crippen LogP contribution >= 0.6 is 0 Å². The molecule has 1 heterocycles. The van der Waals surface area contributed by atoms with E-state index in [9.17, 15) is 14.0 Å². The summed E-state index contributed by atoms with van der Waals surface area (Å²) in [6.07, 6.45) is 4.01. The van der Waals surface area contributed by atoms with Crippen LogP contribution in [0.1, 0.15) is 23.2 Å². The van der Waals surface area contributed by atoms with Gasteiger partial charge in [0.2, 0.25) is 5.91 Å². The minimum Gasteiger partial charge on any atom is -0.352 e. The molecule has 0 saturated heterocycles. The molecule has 0 atom stereocenters. The lowest BCUT2D eigenvalue weighted by Gasteiger charge is -2.06. The second-order valence-electron chi connectivity index (χ2n) is 4.65. The highest BCUT2D eigenvalue weighted by Gasteiger charge is 2.06. The summed E-state index contributed by atoms with van der Waals surface area (Å²) in [5, 5.41) is 5.42. The van der Waals surface area contributed by atoms with Gasteiger partial charge < -0.3 is 10.6 Å². The fourth-order valence-corrected chi connectivity index (χ4v) is 1.81. The summed E-state index contributed by atoms with van der Waals surface area (Å²) < 4.78 is 12.7. The van der Waals surface area contributed by atoms with E-state index in [0.29, 0.717) is 30.6 Å². The van der Waals surface area contributed by atoms with Crippen molar-refractivity contribution < 1.29 is 14.0 Å². The minimum atomic E-state index is -0.385. The number of pyridine rings is 1. The molecule has 0 radical (unpaired) electrons. The van der Waals surface area contributed by atoms with E-state index in [0.717, 1.165) is 0 Å². The summed E-state index contributed by atoms with van der Waals surface area (Å²) in [5.41, 5.74) is 1.08. The summed E-state index contributed by atoms with van der Waals surface area (Å²) >= 11 is 0. The Balaban J connectivity index is 1.67. The highest BCUT2D eigenvalue weighted by atomic mass is 19.1. The van der Waals surface area contributed by atoms with Gasteiger partial charge in [-0.2, -0.15) is 0 Å². The number of halogens is 1. The zero-order chi connectivity index (χ0) is 15.8. The maximum absolute atomic E-state index is 12.7. The van der Waals surface area contributed by atoms with Gasteiger partial charge in [-0.25, -0.2) is 4.39 Å². The number of nitrogens with zero attached hydrogens (tertiary/aromatic N) is 1. The molecule has 5 nitrogen and oxygen atoms in total. The van der Waals surface area contributed by atoms with Crippen LogP contribution in [-0.4, -0.2) is 23.3 Å². The van der Waals surface area contributed by atoms with Gasteiger partial charge >= 0.3 is 0 Å². The van der Waals surface area contributed by atoms with Gasteiger partial charge in [0.05, 0.1) is 0 Å². The molecule has 0 aliphatic heterocycles. The number of nitrogens with one attached hydrogen (secondary N) is 2. The second kappa shape index (κ2) is 7.87. The van der Waals surface area contributed by atoms with E-state index in [4.69, 9.17) is 0 Å². The molecule has 2 amide bonds. The largest absolute Gasteiger partial charge is 0.352 e. The summed E-state index contributed by atoms with van der Waals surface area (Å²) in [4.78, 5) is 27.3. The van der Waals surface area contributed by atoms with E-state index in [1.165, 1.54) is 24.3 Å². The van der Waals surface area contributed by atoms with Crippen molar-refractivity contribution in [3.63, 3.8) is 0 Å². The highest BCUT2D eigenvalue weighted by molar-refractivity contribution is 5.94. The van der Waals surface area contributed by atoms with Crippen LogP contribution < -0.4 is 10.6 Å². The smallest absolute Gasteiger partial charge is 0.251 e. The summed E-state index contributed by atoms with van der Waals surface area (Å²) in [7, 11) is 0. The van der Waals surface area contributed by atoms with E-state index in [1.807, 2.05) is 0 Å². The molecule has 22 heavy (non-hydrogen) atoms. The molecule has 114 valence electrons. The number of benzene rings is 1. The van der Waals surface area contributed by atoms with Gasteiger partial charge in [-0.15, -0.1) is 0 Å². The van der Waals surface area contributed by atoms with Gasteiger partial charge in [-0.05, 0) is 42.8 Å². The molecule has 6 heteroatoms. The Morgan fingerprint density at radius 1 is 1.05 bits per heavy atom. The van der Waals surface area contributed by atoms with E-state index in [1.54, 1.807) is 24.5 Å². The first-order chi connectivity index (χ1) is 10.6. The molecular formula is C16H16FN3O2. The molecule has 0 spiro atoms. The molecule has 2 aromatic rings. The van der Waals surface area contributed by atoms with Crippen molar-refractivity contribution in [3.05, 3.63) is 60.2 Å². The highest BCUT2D eigenvalue weighted by Crippen LogP contribution is 2.05. The Morgan fingerprint density at radius 3 is 2.41 bits per heavy atom. The number of hydrogen-bond acceptors (Lipinski definition) is 3. The van der Waals surface area contributed by atoms with E-state index >= 15 is 0 Å². The fourth-order valence-electron chi connectivity index (χ4n) is 1.81. The number of hydrogen-bond donors (Lipinski definition) is 2. The van der Waals surface area contributed by atoms with Gasteiger partial charge in [-0.3, -0.25) is 14.6 Å². The normalized spacial score (nSPS) is 10.0. The first-order valence-corrected chi connectivity index (χ1v) is 6.89. The summed E-state index contributed by atoms with van der Waals surface area (Å²) in [5.74, 6) is -0.791. The first-order valence-electron chi connectivity index (χ1n) is 6.89. The average molecular weight is 301 g/mol. The third kappa shape index (κ3) is 4.97. The summed E-state index contributed by atoms with van der Waals surface area (Å²) in [6.45, 7) is 0.375. The zero-order valence-electron chi connectivity index (χ0n) is 11.9. The predicted octanol–water partition coefficient (Wildman–Crippen LogP) is 2.37. The lowest BCUT2D eigenvalue weighted by atomic mass is 10.2. The molecule has 0 saturated carbocycles. The zero-order valence-corrected chi connectivity index (χ0v) is 11.9. The molecule has 0 aliphatic carbocycles. The molecule has 0 fully saturated rings. The van der Waals surface area contributed by atoms with Crippen molar-refractivity contribution >= 4 is 17.5 Å². The first kappa shape index (κ1) is 15.6. The maximum Gasteiger partial charge on any atom is 0.251 e. The lowest BCUT2D eigenvalue weighted by Crippen LogP contribution is -2.25. The van der Waals surface area contributed by atoms with Gasteiger partial charge in [0.25, 0.3) is 5.91 Å². The van der Waals surface area contributed by atoms with Crippen LogP contribution in [0.25, 0.3) is 0 Å². The van der Waals surface area contributed by atoms with E-state index in [2.05, 4.69) is 15.6 Å². The van der Waals surface area contributed by atoms with Gasteiger partial charge in [0.1, 0.15) is 5.82 Å². The molecule has 1 aromatic heterocycles. The molecule has 1 aromatic carbocycles. The van der Waals surface area contributed by atoms with Crippen LogP contribution in [0.4, 0.5) is 10.1 Å². The van der Waals surface area contributed by atoms with E-state index < -0.39 is 0 Å². The number of rotatable bonds is 6. The Morgan fingerprint density at radius 2 is 1.73 bits per heavy atom. The Hall–Kier alpha value is -2.76. The molecule has 2 N–H and O–H groups in total. The Kier molecular flexibility index (Phi) is 5.59. The van der Waals surface area contributed by atoms with Crippen molar-refractivity contribution in [2.45, 2.75) is 12.8 Å². The maximum atomic E-state index is 12.7. The minimum absolute atomic E-state index is 0.123. The van der Waals surface area contributed by atoms with E-state index in [-0.39, 0.29) is 17.6 Å². The average Bonchev–Trinajstić information content (AvgIpc) is 2.53. The Labute approximate surface area is 127 Å². The van der Waals surface area contributed by atoms with Crippen molar-refractivity contribution in [2.24, 2.45) is 0 Å². The number of carbonyl (C=O) groups is 2. The van der Waals surface area contributed by atoms with Gasteiger partial charge in [-0.1, -0.05) is 0 Å². The number of aromatic nitrogens is 1. The molecule has 0 unspecified atom stereocenters. The third-order valence-corrected chi connectivity index (χ3v) is 2.94. The van der Waals surface area contributed by atoms with Crippen LogP contribution in [0, 0.1) is 5.82 Å². The van der Waals surface area contributed by atoms with Crippen LogP contribution in [0.2, 0.25) is 0 Å². The SMILES string of the molecule is O=C(CCCNC(=O)c1ccc(F)cc1)Nc1ccncc1. The quantitative estimate of drug-likeness (QED) is 0.805. The Bertz CT molecular complexity index is 630. The van der Waals surface area contributed by atoms with Crippen molar-refractivity contribution in [3.8, 4) is 0 Å². The third-order valence-electron chi connectivity index (χ3n) is 2.94. The van der Waals surface area contributed by atoms with Crippen LogP contribution in [-0.2, 0) is 4.79 Å². The van der Waals surface area contributed by atoms with Crippen molar-refractivity contribution in [1.82, 2.24) is 10.3 Å². The second-order valence-corrected chi connectivity index (χ2v) is 4.65. The molecule has 2 rings (SSSR count). The van der Waals surface area contributed by atoms with Crippen LogP contribution in [0.5, 0.6) is 0 Å². The molecule has 0 aliphatic rings. The lowest BCUT2D eigenvalue weighted by molar-refractivity contribution is -0.116. The molecular weight excluding hydrogens is 285 g/mol. The number of amides is 2. The number of anilines is 1. The fraction of sp³-hybridized carbons (Fsp3) is 0.188. The topological polar surface area (TPSA) is 71.1 Å². The predicted molar refractivity (Wildman–Crippen MR) is 80.8 cm³/mol.